The fraction of sp³-hybridized carbons (Fsp3) is 0.550. The number of hydrogen-bond donors (Lipinski definition) is 1. The first-order valence-corrected chi connectivity index (χ1v) is 10.2. The van der Waals surface area contributed by atoms with Crippen molar-refractivity contribution in [2.45, 2.75) is 52.1 Å². The van der Waals surface area contributed by atoms with Gasteiger partial charge in [-0.3, -0.25) is 14.2 Å². The van der Waals surface area contributed by atoms with Gasteiger partial charge in [0, 0.05) is 39.3 Å². The molecule has 4 rings (SSSR count). The standard InChI is InChI=1S/C20H28N8O/c1-13(2)9-16-10-17(27(4)25-16)20(29)22-15-5-6-18-23-24-19(28(18)8-7-15)14-11-21-26(3)12-14/h10-13,15H,5-9H2,1-4H3,(H,22,29). The first-order chi connectivity index (χ1) is 13.9. The van der Waals surface area contributed by atoms with Crippen LogP contribution in [0.25, 0.3) is 11.4 Å². The van der Waals surface area contributed by atoms with Crippen LogP contribution in [0, 0.1) is 5.92 Å². The molecule has 1 atom stereocenters. The van der Waals surface area contributed by atoms with Crippen molar-refractivity contribution in [2.24, 2.45) is 20.0 Å². The van der Waals surface area contributed by atoms with Crippen LogP contribution in [-0.4, -0.2) is 46.3 Å². The fourth-order valence-electron chi connectivity index (χ4n) is 3.90. The fourth-order valence-corrected chi connectivity index (χ4v) is 3.90. The van der Waals surface area contributed by atoms with Gasteiger partial charge in [0.15, 0.2) is 5.82 Å². The zero-order valence-electron chi connectivity index (χ0n) is 17.5. The number of rotatable bonds is 5. The van der Waals surface area contributed by atoms with Crippen molar-refractivity contribution in [2.75, 3.05) is 0 Å². The second-order valence-electron chi connectivity index (χ2n) is 8.23. The number of fused-ring (bicyclic) bond motifs is 1. The van der Waals surface area contributed by atoms with E-state index in [2.05, 4.69) is 44.1 Å². The van der Waals surface area contributed by atoms with Gasteiger partial charge in [0.05, 0.1) is 17.5 Å². The Morgan fingerprint density at radius 3 is 2.83 bits per heavy atom. The summed E-state index contributed by atoms with van der Waals surface area (Å²) in [6.45, 7) is 5.07. The molecule has 0 saturated carbocycles. The lowest BCUT2D eigenvalue weighted by Crippen LogP contribution is -2.36. The summed E-state index contributed by atoms with van der Waals surface area (Å²) < 4.78 is 5.59. The maximum atomic E-state index is 12.8. The van der Waals surface area contributed by atoms with Crippen LogP contribution in [0.3, 0.4) is 0 Å². The van der Waals surface area contributed by atoms with Crippen molar-refractivity contribution in [3.8, 4) is 11.4 Å². The molecular weight excluding hydrogens is 368 g/mol. The Labute approximate surface area is 170 Å². The molecular formula is C20H28N8O. The molecule has 1 N–H and O–H groups in total. The second-order valence-corrected chi connectivity index (χ2v) is 8.23. The van der Waals surface area contributed by atoms with E-state index in [0.29, 0.717) is 11.6 Å². The van der Waals surface area contributed by atoms with Gasteiger partial charge in [0.2, 0.25) is 0 Å². The lowest BCUT2D eigenvalue weighted by molar-refractivity contribution is 0.0923. The third-order valence-electron chi connectivity index (χ3n) is 5.32. The van der Waals surface area contributed by atoms with Gasteiger partial charge in [0.1, 0.15) is 11.5 Å². The van der Waals surface area contributed by atoms with E-state index < -0.39 is 0 Å². The Bertz CT molecular complexity index is 1010. The van der Waals surface area contributed by atoms with Gasteiger partial charge in [-0.2, -0.15) is 10.2 Å². The lowest BCUT2D eigenvalue weighted by Gasteiger charge is -2.16. The molecule has 1 unspecified atom stereocenters. The summed E-state index contributed by atoms with van der Waals surface area (Å²) in [4.78, 5) is 12.8. The smallest absolute Gasteiger partial charge is 0.269 e. The molecule has 1 aliphatic heterocycles. The Morgan fingerprint density at radius 1 is 1.28 bits per heavy atom. The summed E-state index contributed by atoms with van der Waals surface area (Å²) >= 11 is 0. The molecule has 154 valence electrons. The first kappa shape index (κ1) is 19.4. The van der Waals surface area contributed by atoms with E-state index in [-0.39, 0.29) is 11.9 Å². The Morgan fingerprint density at radius 2 is 2.10 bits per heavy atom. The van der Waals surface area contributed by atoms with Gasteiger partial charge in [-0.15, -0.1) is 10.2 Å². The van der Waals surface area contributed by atoms with Gasteiger partial charge in [0.25, 0.3) is 5.91 Å². The van der Waals surface area contributed by atoms with Crippen LogP contribution < -0.4 is 5.32 Å². The summed E-state index contributed by atoms with van der Waals surface area (Å²) in [7, 11) is 3.72. The quantitative estimate of drug-likeness (QED) is 0.709. The number of hydrogen-bond acceptors (Lipinski definition) is 5. The van der Waals surface area contributed by atoms with E-state index in [0.717, 1.165) is 55.1 Å². The molecule has 3 aromatic rings. The molecule has 0 fully saturated rings. The van der Waals surface area contributed by atoms with E-state index in [1.807, 2.05) is 26.4 Å². The van der Waals surface area contributed by atoms with Crippen LogP contribution in [-0.2, 0) is 33.5 Å². The monoisotopic (exact) mass is 396 g/mol. The van der Waals surface area contributed by atoms with Gasteiger partial charge < -0.3 is 9.88 Å². The molecule has 1 amide bonds. The molecule has 4 heterocycles. The summed E-state index contributed by atoms with van der Waals surface area (Å²) in [6.07, 6.45) is 7.07. The predicted molar refractivity (Wildman–Crippen MR) is 108 cm³/mol. The highest BCUT2D eigenvalue weighted by atomic mass is 16.2. The SMILES string of the molecule is CC(C)Cc1cc(C(=O)NC2CCc3nnc(-c4cnn(C)c4)n3CC2)n(C)n1. The lowest BCUT2D eigenvalue weighted by atomic mass is 10.1. The predicted octanol–water partition coefficient (Wildman–Crippen LogP) is 1.75. The number of aromatic nitrogens is 7. The molecule has 3 aromatic heterocycles. The van der Waals surface area contributed by atoms with Crippen molar-refractivity contribution in [1.82, 2.24) is 39.6 Å². The average molecular weight is 396 g/mol. The van der Waals surface area contributed by atoms with Crippen LogP contribution in [0.2, 0.25) is 0 Å². The number of aryl methyl sites for hydroxylation is 3. The molecule has 0 spiro atoms. The van der Waals surface area contributed by atoms with E-state index in [1.165, 1.54) is 0 Å². The van der Waals surface area contributed by atoms with Gasteiger partial charge in [-0.25, -0.2) is 0 Å². The minimum atomic E-state index is -0.0647. The van der Waals surface area contributed by atoms with Gasteiger partial charge in [-0.1, -0.05) is 13.8 Å². The van der Waals surface area contributed by atoms with Crippen LogP contribution >= 0.6 is 0 Å². The number of carbonyl (C=O) groups excluding carboxylic acids is 1. The highest BCUT2D eigenvalue weighted by Gasteiger charge is 2.24. The largest absolute Gasteiger partial charge is 0.348 e. The van der Waals surface area contributed by atoms with Crippen molar-refractivity contribution >= 4 is 5.91 Å². The Hall–Kier alpha value is -2.97. The molecule has 0 aliphatic carbocycles. The minimum absolute atomic E-state index is 0.0647. The average Bonchev–Trinajstić information content (AvgIpc) is 3.32. The molecule has 0 radical (unpaired) electrons. The number of nitrogens with one attached hydrogen (secondary N) is 1. The Balaban J connectivity index is 1.43. The maximum absolute atomic E-state index is 12.8. The summed E-state index contributed by atoms with van der Waals surface area (Å²) in [5.41, 5.74) is 2.53. The molecule has 1 aliphatic rings. The normalized spacial score (nSPS) is 16.7. The highest BCUT2D eigenvalue weighted by Crippen LogP contribution is 2.22. The van der Waals surface area contributed by atoms with Crippen molar-refractivity contribution < 1.29 is 4.79 Å². The third kappa shape index (κ3) is 4.08. The van der Waals surface area contributed by atoms with Crippen molar-refractivity contribution in [3.63, 3.8) is 0 Å². The molecule has 9 nitrogen and oxygen atoms in total. The zero-order valence-corrected chi connectivity index (χ0v) is 17.5. The molecule has 0 saturated heterocycles. The minimum Gasteiger partial charge on any atom is -0.348 e. The van der Waals surface area contributed by atoms with Crippen LogP contribution in [0.15, 0.2) is 18.5 Å². The number of nitrogens with zero attached hydrogens (tertiary/aromatic N) is 7. The molecule has 29 heavy (non-hydrogen) atoms. The molecule has 0 bridgehead atoms. The summed E-state index contributed by atoms with van der Waals surface area (Å²) in [6, 6.07) is 2.00. The maximum Gasteiger partial charge on any atom is 0.269 e. The topological polar surface area (TPSA) is 95.5 Å². The van der Waals surface area contributed by atoms with Gasteiger partial charge >= 0.3 is 0 Å². The van der Waals surface area contributed by atoms with E-state index in [1.54, 1.807) is 15.6 Å². The zero-order chi connectivity index (χ0) is 20.5. The Kier molecular flexibility index (Phi) is 5.21. The first-order valence-electron chi connectivity index (χ1n) is 10.2. The molecule has 0 aromatic carbocycles. The van der Waals surface area contributed by atoms with Gasteiger partial charge in [-0.05, 0) is 31.2 Å². The van der Waals surface area contributed by atoms with Crippen molar-refractivity contribution in [3.05, 3.63) is 35.7 Å². The number of amides is 1. The van der Waals surface area contributed by atoms with Crippen LogP contribution in [0.4, 0.5) is 0 Å². The molecule has 9 heteroatoms. The van der Waals surface area contributed by atoms with Crippen LogP contribution in [0.1, 0.15) is 48.7 Å². The highest BCUT2D eigenvalue weighted by molar-refractivity contribution is 5.92. The van der Waals surface area contributed by atoms with Crippen LogP contribution in [0.5, 0.6) is 0 Å². The van der Waals surface area contributed by atoms with E-state index in [4.69, 9.17) is 0 Å². The third-order valence-corrected chi connectivity index (χ3v) is 5.32. The summed E-state index contributed by atoms with van der Waals surface area (Å²) in [5, 5.41) is 20.6. The second kappa shape index (κ2) is 7.81. The van der Waals surface area contributed by atoms with E-state index in [9.17, 15) is 4.79 Å². The van der Waals surface area contributed by atoms with E-state index >= 15 is 0 Å². The van der Waals surface area contributed by atoms with Crippen molar-refractivity contribution in [1.29, 1.82) is 0 Å². The summed E-state index contributed by atoms with van der Waals surface area (Å²) in [5.74, 6) is 2.24. The number of carbonyl (C=O) groups is 1.